The van der Waals surface area contributed by atoms with Crippen molar-refractivity contribution in [1.82, 2.24) is 5.32 Å². The molecule has 2 atom stereocenters. The quantitative estimate of drug-likeness (QED) is 0.669. The summed E-state index contributed by atoms with van der Waals surface area (Å²) >= 11 is 6.03. The molecule has 0 fully saturated rings. The molecule has 0 heterocycles. The molecule has 0 aliphatic heterocycles. The third-order valence-electron chi connectivity index (χ3n) is 3.68. The van der Waals surface area contributed by atoms with Gasteiger partial charge in [-0.1, -0.05) is 42.0 Å². The number of benzene rings is 1. The molecule has 1 amide bonds. The Labute approximate surface area is 135 Å². The smallest absolute Gasteiger partial charge is 0.310 e. The maximum absolute atomic E-state index is 12.0. The monoisotopic (exact) mass is 321 g/mol. The Morgan fingerprint density at radius 2 is 2.14 bits per heavy atom. The van der Waals surface area contributed by atoms with E-state index in [0.29, 0.717) is 18.0 Å². The Kier molecular flexibility index (Phi) is 6.01. The molecule has 118 valence electrons. The number of carbonyl (C=O) groups is 2. The first kappa shape index (κ1) is 16.6. The highest BCUT2D eigenvalue weighted by molar-refractivity contribution is 6.31. The highest BCUT2D eigenvalue weighted by Crippen LogP contribution is 2.20. The van der Waals surface area contributed by atoms with Gasteiger partial charge >= 0.3 is 5.97 Å². The zero-order chi connectivity index (χ0) is 15.9. The summed E-state index contributed by atoms with van der Waals surface area (Å²) < 4.78 is 5.25. The highest BCUT2D eigenvalue weighted by atomic mass is 35.5. The van der Waals surface area contributed by atoms with Crippen LogP contribution in [0.2, 0.25) is 5.02 Å². The molecule has 22 heavy (non-hydrogen) atoms. The van der Waals surface area contributed by atoms with Gasteiger partial charge in [0.25, 0.3) is 5.91 Å². The summed E-state index contributed by atoms with van der Waals surface area (Å²) in [5, 5.41) is 3.33. The fraction of sp³-hybridized carbons (Fsp3) is 0.412. The van der Waals surface area contributed by atoms with Crippen molar-refractivity contribution in [3.05, 3.63) is 47.0 Å². The van der Waals surface area contributed by atoms with Crippen LogP contribution in [-0.2, 0) is 20.9 Å². The molecule has 0 aromatic heterocycles. The molecule has 0 bridgehead atoms. The molecular weight excluding hydrogens is 302 g/mol. The SMILES string of the molecule is C[C@@H](OC(=O)[C@@H]1CC=CCC1)C(=O)NCc1ccccc1Cl. The fourth-order valence-electron chi connectivity index (χ4n) is 2.30. The van der Waals surface area contributed by atoms with Gasteiger partial charge in [-0.2, -0.15) is 0 Å². The number of hydrogen-bond acceptors (Lipinski definition) is 3. The van der Waals surface area contributed by atoms with Gasteiger partial charge in [-0.05, 0) is 37.8 Å². The van der Waals surface area contributed by atoms with Crippen LogP contribution in [0.4, 0.5) is 0 Å². The van der Waals surface area contributed by atoms with Crippen LogP contribution in [-0.4, -0.2) is 18.0 Å². The Bertz CT molecular complexity index is 571. The van der Waals surface area contributed by atoms with Crippen molar-refractivity contribution in [2.75, 3.05) is 0 Å². The van der Waals surface area contributed by atoms with E-state index in [1.165, 1.54) is 0 Å². The number of hydrogen-bond donors (Lipinski definition) is 1. The number of ether oxygens (including phenoxy) is 1. The van der Waals surface area contributed by atoms with E-state index < -0.39 is 6.10 Å². The molecular formula is C17H20ClNO3. The lowest BCUT2D eigenvalue weighted by Crippen LogP contribution is -2.37. The lowest BCUT2D eigenvalue weighted by atomic mass is 9.95. The van der Waals surface area contributed by atoms with Crippen LogP contribution in [0.3, 0.4) is 0 Å². The topological polar surface area (TPSA) is 55.4 Å². The summed E-state index contributed by atoms with van der Waals surface area (Å²) in [6.07, 6.45) is 5.59. The van der Waals surface area contributed by atoms with E-state index in [4.69, 9.17) is 16.3 Å². The predicted molar refractivity (Wildman–Crippen MR) is 85.3 cm³/mol. The number of carbonyl (C=O) groups excluding carboxylic acids is 2. The Morgan fingerprint density at radius 1 is 1.36 bits per heavy atom. The standard InChI is InChI=1S/C17H20ClNO3/c1-12(22-17(21)13-7-3-2-4-8-13)16(20)19-11-14-9-5-6-10-15(14)18/h2-3,5-6,9-10,12-13H,4,7-8,11H2,1H3,(H,19,20)/t12-,13-/m1/s1. The van der Waals surface area contributed by atoms with Crippen molar-refractivity contribution in [2.24, 2.45) is 5.92 Å². The van der Waals surface area contributed by atoms with E-state index in [0.717, 1.165) is 18.4 Å². The van der Waals surface area contributed by atoms with Crippen LogP contribution >= 0.6 is 11.6 Å². The van der Waals surface area contributed by atoms with E-state index in [2.05, 4.69) is 11.4 Å². The molecule has 1 aromatic rings. The molecule has 4 nitrogen and oxygen atoms in total. The predicted octanol–water partition coefficient (Wildman–Crippen LogP) is 3.24. The number of nitrogens with one attached hydrogen (secondary N) is 1. The molecule has 0 saturated heterocycles. The molecule has 0 radical (unpaired) electrons. The summed E-state index contributed by atoms with van der Waals surface area (Å²) in [4.78, 5) is 24.0. The van der Waals surface area contributed by atoms with Crippen molar-refractivity contribution >= 4 is 23.5 Å². The van der Waals surface area contributed by atoms with Crippen LogP contribution in [0.25, 0.3) is 0 Å². The van der Waals surface area contributed by atoms with E-state index in [-0.39, 0.29) is 17.8 Å². The average molecular weight is 322 g/mol. The van der Waals surface area contributed by atoms with Gasteiger partial charge in [-0.15, -0.1) is 0 Å². The minimum atomic E-state index is -0.805. The van der Waals surface area contributed by atoms with Crippen molar-refractivity contribution < 1.29 is 14.3 Å². The van der Waals surface area contributed by atoms with E-state index in [1.54, 1.807) is 13.0 Å². The van der Waals surface area contributed by atoms with E-state index in [9.17, 15) is 9.59 Å². The van der Waals surface area contributed by atoms with E-state index >= 15 is 0 Å². The minimum Gasteiger partial charge on any atom is -0.452 e. The van der Waals surface area contributed by atoms with Crippen LogP contribution in [0, 0.1) is 5.92 Å². The second-order valence-corrected chi connectivity index (χ2v) is 5.78. The molecule has 1 aliphatic rings. The third kappa shape index (κ3) is 4.60. The van der Waals surface area contributed by atoms with Gasteiger partial charge in [0.15, 0.2) is 6.10 Å². The fourth-order valence-corrected chi connectivity index (χ4v) is 2.50. The Balaban J connectivity index is 1.80. The second-order valence-electron chi connectivity index (χ2n) is 5.37. The van der Waals surface area contributed by atoms with Crippen molar-refractivity contribution in [3.8, 4) is 0 Å². The van der Waals surface area contributed by atoms with Crippen LogP contribution in [0.1, 0.15) is 31.7 Å². The van der Waals surface area contributed by atoms with E-state index in [1.807, 2.05) is 24.3 Å². The number of allylic oxidation sites excluding steroid dienone is 2. The van der Waals surface area contributed by atoms with Crippen molar-refractivity contribution in [1.29, 1.82) is 0 Å². The molecule has 0 saturated carbocycles. The first-order valence-electron chi connectivity index (χ1n) is 7.44. The van der Waals surface area contributed by atoms with Crippen LogP contribution in [0.5, 0.6) is 0 Å². The van der Waals surface area contributed by atoms with Crippen molar-refractivity contribution in [2.45, 2.75) is 38.8 Å². The molecule has 5 heteroatoms. The van der Waals surface area contributed by atoms with Gasteiger partial charge in [-0.3, -0.25) is 9.59 Å². The van der Waals surface area contributed by atoms with Gasteiger partial charge in [0.2, 0.25) is 0 Å². The van der Waals surface area contributed by atoms with Gasteiger partial charge in [0.05, 0.1) is 5.92 Å². The largest absolute Gasteiger partial charge is 0.452 e. The second kappa shape index (κ2) is 7.99. The molecule has 1 N–H and O–H groups in total. The van der Waals surface area contributed by atoms with Gasteiger partial charge in [0, 0.05) is 11.6 Å². The first-order valence-corrected chi connectivity index (χ1v) is 7.82. The number of esters is 1. The van der Waals surface area contributed by atoms with Crippen molar-refractivity contribution in [3.63, 3.8) is 0 Å². The number of amides is 1. The summed E-state index contributed by atoms with van der Waals surface area (Å²) in [5.41, 5.74) is 0.827. The van der Waals surface area contributed by atoms with Gasteiger partial charge in [-0.25, -0.2) is 0 Å². The minimum absolute atomic E-state index is 0.135. The summed E-state index contributed by atoms with van der Waals surface area (Å²) in [7, 11) is 0. The molecule has 1 aliphatic carbocycles. The average Bonchev–Trinajstić information content (AvgIpc) is 2.54. The molecule has 2 rings (SSSR count). The lowest BCUT2D eigenvalue weighted by molar-refractivity contribution is -0.159. The highest BCUT2D eigenvalue weighted by Gasteiger charge is 2.24. The van der Waals surface area contributed by atoms with Crippen LogP contribution < -0.4 is 5.32 Å². The van der Waals surface area contributed by atoms with Crippen LogP contribution in [0.15, 0.2) is 36.4 Å². The Morgan fingerprint density at radius 3 is 2.82 bits per heavy atom. The number of halogens is 1. The molecule has 0 spiro atoms. The summed E-state index contributed by atoms with van der Waals surface area (Å²) in [6.45, 7) is 1.89. The normalized spacial score (nSPS) is 18.5. The third-order valence-corrected chi connectivity index (χ3v) is 4.04. The zero-order valence-corrected chi connectivity index (χ0v) is 13.3. The van der Waals surface area contributed by atoms with Gasteiger partial charge in [0.1, 0.15) is 0 Å². The summed E-state index contributed by atoms with van der Waals surface area (Å²) in [5.74, 6) is -0.756. The number of rotatable bonds is 5. The molecule has 0 unspecified atom stereocenters. The molecule has 1 aromatic carbocycles. The van der Waals surface area contributed by atoms with Gasteiger partial charge < -0.3 is 10.1 Å². The lowest BCUT2D eigenvalue weighted by Gasteiger charge is -2.19. The summed E-state index contributed by atoms with van der Waals surface area (Å²) in [6, 6.07) is 7.29. The maximum Gasteiger partial charge on any atom is 0.310 e. The maximum atomic E-state index is 12.0. The zero-order valence-electron chi connectivity index (χ0n) is 12.5. The Hall–Kier alpha value is -1.81. The first-order chi connectivity index (χ1) is 10.6.